The fraction of sp³-hybridized carbons (Fsp3) is 0.0833. The lowest BCUT2D eigenvalue weighted by Crippen LogP contribution is -2.13. The molecule has 0 saturated heterocycles. The standard InChI is InChI=1S/C24H17ClO4S/c25-21-18-11-5-7-13-20(18)30-22(21)24(27)29-19-12-6-4-10-17(19)23(26)28-15-14-16-8-2-1-3-9-16/h1-13H,14-15H2. The molecular formula is C24H17ClO4S. The van der Waals surface area contributed by atoms with Gasteiger partial charge in [-0.05, 0) is 23.8 Å². The van der Waals surface area contributed by atoms with E-state index >= 15 is 0 Å². The van der Waals surface area contributed by atoms with Crippen LogP contribution in [0.15, 0.2) is 78.9 Å². The zero-order chi connectivity index (χ0) is 20.9. The van der Waals surface area contributed by atoms with Crippen LogP contribution >= 0.6 is 22.9 Å². The summed E-state index contributed by atoms with van der Waals surface area (Å²) in [5, 5.41) is 1.15. The number of ether oxygens (including phenoxy) is 2. The summed E-state index contributed by atoms with van der Waals surface area (Å²) in [5.41, 5.74) is 1.26. The average Bonchev–Trinajstić information content (AvgIpc) is 3.12. The van der Waals surface area contributed by atoms with Gasteiger partial charge in [0.1, 0.15) is 16.2 Å². The number of hydrogen-bond acceptors (Lipinski definition) is 5. The monoisotopic (exact) mass is 436 g/mol. The van der Waals surface area contributed by atoms with Gasteiger partial charge >= 0.3 is 11.9 Å². The number of esters is 2. The summed E-state index contributed by atoms with van der Waals surface area (Å²) in [5.74, 6) is -1.01. The van der Waals surface area contributed by atoms with Gasteiger partial charge in [0.05, 0.1) is 11.6 Å². The Labute approximate surface area is 182 Å². The van der Waals surface area contributed by atoms with Gasteiger partial charge in [-0.25, -0.2) is 9.59 Å². The maximum Gasteiger partial charge on any atom is 0.355 e. The molecular weight excluding hydrogens is 420 g/mol. The van der Waals surface area contributed by atoms with Gasteiger partial charge in [-0.3, -0.25) is 0 Å². The number of carbonyl (C=O) groups excluding carboxylic acids is 2. The summed E-state index contributed by atoms with van der Waals surface area (Å²) < 4.78 is 11.8. The molecule has 0 aliphatic carbocycles. The minimum Gasteiger partial charge on any atom is -0.462 e. The number of carbonyl (C=O) groups is 2. The van der Waals surface area contributed by atoms with Crippen molar-refractivity contribution in [2.24, 2.45) is 0 Å². The number of para-hydroxylation sites is 1. The number of hydrogen-bond donors (Lipinski definition) is 0. The topological polar surface area (TPSA) is 52.6 Å². The van der Waals surface area contributed by atoms with Crippen molar-refractivity contribution in [1.82, 2.24) is 0 Å². The van der Waals surface area contributed by atoms with E-state index in [1.54, 1.807) is 24.3 Å². The van der Waals surface area contributed by atoms with Crippen molar-refractivity contribution >= 4 is 45.0 Å². The molecule has 3 aromatic carbocycles. The van der Waals surface area contributed by atoms with Crippen LogP contribution in [0.1, 0.15) is 25.6 Å². The van der Waals surface area contributed by atoms with Crippen LogP contribution < -0.4 is 4.74 Å². The summed E-state index contributed by atoms with van der Waals surface area (Å²) in [6, 6.07) is 23.7. The summed E-state index contributed by atoms with van der Waals surface area (Å²) in [6.07, 6.45) is 0.603. The van der Waals surface area contributed by atoms with Crippen molar-refractivity contribution in [3.05, 3.63) is 99.9 Å². The molecule has 0 unspecified atom stereocenters. The lowest BCUT2D eigenvalue weighted by molar-refractivity contribution is 0.0504. The van der Waals surface area contributed by atoms with Crippen molar-refractivity contribution in [1.29, 1.82) is 0 Å². The van der Waals surface area contributed by atoms with E-state index in [0.29, 0.717) is 16.3 Å². The zero-order valence-corrected chi connectivity index (χ0v) is 17.4. The fourth-order valence-electron chi connectivity index (χ4n) is 3.00. The molecule has 0 spiro atoms. The van der Waals surface area contributed by atoms with Gasteiger partial charge in [-0.1, -0.05) is 72.3 Å². The second-order valence-electron chi connectivity index (χ2n) is 6.50. The number of rotatable bonds is 6. The van der Waals surface area contributed by atoms with Crippen molar-refractivity contribution in [3.8, 4) is 5.75 Å². The summed E-state index contributed by atoms with van der Waals surface area (Å²) in [6.45, 7) is 0.229. The molecule has 1 heterocycles. The van der Waals surface area contributed by atoms with Crippen LogP contribution in [-0.2, 0) is 11.2 Å². The molecule has 0 aliphatic heterocycles. The number of fused-ring (bicyclic) bond motifs is 1. The Hall–Kier alpha value is -3.15. The Morgan fingerprint density at radius 3 is 2.33 bits per heavy atom. The number of thiophene rings is 1. The third-order valence-corrected chi connectivity index (χ3v) is 6.15. The molecule has 4 rings (SSSR count). The zero-order valence-electron chi connectivity index (χ0n) is 15.8. The lowest BCUT2D eigenvalue weighted by atomic mass is 10.2. The first-order valence-electron chi connectivity index (χ1n) is 9.33. The highest BCUT2D eigenvalue weighted by Crippen LogP contribution is 2.36. The first-order chi connectivity index (χ1) is 14.6. The average molecular weight is 437 g/mol. The molecule has 0 atom stereocenters. The largest absolute Gasteiger partial charge is 0.462 e. The third kappa shape index (κ3) is 4.37. The number of halogens is 1. The van der Waals surface area contributed by atoms with Crippen LogP contribution in [0.4, 0.5) is 0 Å². The molecule has 0 saturated carbocycles. The Morgan fingerprint density at radius 1 is 0.833 bits per heavy atom. The molecule has 1 aromatic heterocycles. The second-order valence-corrected chi connectivity index (χ2v) is 7.93. The molecule has 0 aliphatic rings. The van der Waals surface area contributed by atoms with E-state index < -0.39 is 11.9 Å². The van der Waals surface area contributed by atoms with Crippen LogP contribution in [0.3, 0.4) is 0 Å². The third-order valence-electron chi connectivity index (χ3n) is 4.50. The van der Waals surface area contributed by atoms with Crippen molar-refractivity contribution in [2.45, 2.75) is 6.42 Å². The Kier molecular flexibility index (Phi) is 6.12. The molecule has 150 valence electrons. The fourth-order valence-corrected chi connectivity index (χ4v) is 4.38. The molecule has 0 N–H and O–H groups in total. The summed E-state index contributed by atoms with van der Waals surface area (Å²) >= 11 is 7.62. The normalized spacial score (nSPS) is 10.7. The molecule has 4 nitrogen and oxygen atoms in total. The van der Waals surface area contributed by atoms with Gasteiger partial charge in [0.25, 0.3) is 0 Å². The van der Waals surface area contributed by atoms with Gasteiger partial charge in [0, 0.05) is 16.5 Å². The van der Waals surface area contributed by atoms with Gasteiger partial charge in [-0.15, -0.1) is 11.3 Å². The molecule has 6 heteroatoms. The smallest absolute Gasteiger partial charge is 0.355 e. The minimum atomic E-state index is -0.606. The summed E-state index contributed by atoms with van der Waals surface area (Å²) in [7, 11) is 0. The second kappa shape index (κ2) is 9.11. The van der Waals surface area contributed by atoms with E-state index in [1.807, 2.05) is 54.6 Å². The Balaban J connectivity index is 1.47. The van der Waals surface area contributed by atoms with Crippen molar-refractivity contribution in [3.63, 3.8) is 0 Å². The summed E-state index contributed by atoms with van der Waals surface area (Å²) in [4.78, 5) is 25.6. The van der Waals surface area contributed by atoms with E-state index in [9.17, 15) is 9.59 Å². The maximum atomic E-state index is 12.7. The van der Waals surface area contributed by atoms with Crippen LogP contribution in [-0.4, -0.2) is 18.5 Å². The van der Waals surface area contributed by atoms with E-state index in [0.717, 1.165) is 15.6 Å². The predicted molar refractivity (Wildman–Crippen MR) is 119 cm³/mol. The highest BCUT2D eigenvalue weighted by molar-refractivity contribution is 7.21. The molecule has 0 radical (unpaired) electrons. The lowest BCUT2D eigenvalue weighted by Gasteiger charge is -2.10. The van der Waals surface area contributed by atoms with Crippen LogP contribution in [0.2, 0.25) is 5.02 Å². The van der Waals surface area contributed by atoms with Crippen LogP contribution in [0.5, 0.6) is 5.75 Å². The molecule has 0 bridgehead atoms. The van der Waals surface area contributed by atoms with Gasteiger partial charge in [0.2, 0.25) is 0 Å². The predicted octanol–water partition coefficient (Wildman–Crippen LogP) is 6.17. The first-order valence-corrected chi connectivity index (χ1v) is 10.5. The molecule has 30 heavy (non-hydrogen) atoms. The van der Waals surface area contributed by atoms with E-state index in [-0.39, 0.29) is 17.9 Å². The van der Waals surface area contributed by atoms with Crippen molar-refractivity contribution < 1.29 is 19.1 Å². The minimum absolute atomic E-state index is 0.140. The number of benzene rings is 3. The SMILES string of the molecule is O=C(OCCc1ccccc1)c1ccccc1OC(=O)c1sc2ccccc2c1Cl. The molecule has 4 aromatic rings. The van der Waals surface area contributed by atoms with Gasteiger partial charge < -0.3 is 9.47 Å². The first kappa shape index (κ1) is 20.1. The van der Waals surface area contributed by atoms with Gasteiger partial charge in [-0.2, -0.15) is 0 Å². The van der Waals surface area contributed by atoms with Crippen LogP contribution in [0, 0.1) is 0 Å². The molecule has 0 amide bonds. The van der Waals surface area contributed by atoms with E-state index in [4.69, 9.17) is 21.1 Å². The van der Waals surface area contributed by atoms with Gasteiger partial charge in [0.15, 0.2) is 0 Å². The highest BCUT2D eigenvalue weighted by atomic mass is 35.5. The van der Waals surface area contributed by atoms with E-state index in [2.05, 4.69) is 0 Å². The maximum absolute atomic E-state index is 12.7. The Bertz CT molecular complexity index is 1200. The quantitative estimate of drug-likeness (QED) is 0.268. The van der Waals surface area contributed by atoms with E-state index in [1.165, 1.54) is 11.3 Å². The van der Waals surface area contributed by atoms with Crippen LogP contribution in [0.25, 0.3) is 10.1 Å². The Morgan fingerprint density at radius 2 is 1.53 bits per heavy atom. The highest BCUT2D eigenvalue weighted by Gasteiger charge is 2.22. The molecule has 0 fully saturated rings. The van der Waals surface area contributed by atoms with Crippen molar-refractivity contribution in [2.75, 3.05) is 6.61 Å².